The molecule has 0 bridgehead atoms. The summed E-state index contributed by atoms with van der Waals surface area (Å²) in [5.74, 6) is -0.942. The van der Waals surface area contributed by atoms with Gasteiger partial charge in [0, 0.05) is 13.6 Å². The van der Waals surface area contributed by atoms with Gasteiger partial charge in [-0.2, -0.15) is 5.10 Å². The topological polar surface area (TPSA) is 92.5 Å². The summed E-state index contributed by atoms with van der Waals surface area (Å²) in [5, 5.41) is 12.8. The fraction of sp³-hybridized carbons (Fsp3) is 0.636. The van der Waals surface area contributed by atoms with Crippen LogP contribution in [0.15, 0.2) is 4.90 Å². The molecule has 0 radical (unpaired) electrons. The molecule has 19 heavy (non-hydrogen) atoms. The van der Waals surface area contributed by atoms with Crippen LogP contribution in [0.1, 0.15) is 24.7 Å². The Kier molecular flexibility index (Phi) is 4.70. The second kappa shape index (κ2) is 5.70. The molecule has 108 valence electrons. The van der Waals surface area contributed by atoms with Crippen LogP contribution in [0.2, 0.25) is 0 Å². The van der Waals surface area contributed by atoms with Gasteiger partial charge in [-0.25, -0.2) is 12.7 Å². The summed E-state index contributed by atoms with van der Waals surface area (Å²) < 4.78 is 27.3. The molecule has 1 aromatic heterocycles. The molecule has 1 rings (SSSR count). The van der Waals surface area contributed by atoms with Gasteiger partial charge in [0.15, 0.2) is 0 Å². The summed E-state index contributed by atoms with van der Waals surface area (Å²) in [6, 6.07) is 0. The number of aliphatic carboxylic acids is 1. The minimum Gasteiger partial charge on any atom is -0.481 e. The third-order valence-corrected chi connectivity index (χ3v) is 5.15. The predicted octanol–water partition coefficient (Wildman–Crippen LogP) is 0.615. The van der Waals surface area contributed by atoms with E-state index in [0.29, 0.717) is 17.9 Å². The van der Waals surface area contributed by atoms with E-state index < -0.39 is 16.0 Å². The molecule has 0 aromatic carbocycles. The van der Waals surface area contributed by atoms with E-state index in [1.54, 1.807) is 20.8 Å². The monoisotopic (exact) mass is 289 g/mol. The van der Waals surface area contributed by atoms with Crippen molar-refractivity contribution in [1.29, 1.82) is 0 Å². The molecule has 0 saturated carbocycles. The summed E-state index contributed by atoms with van der Waals surface area (Å²) in [5.41, 5.74) is 0.863. The van der Waals surface area contributed by atoms with Crippen molar-refractivity contribution in [3.05, 3.63) is 11.4 Å². The first-order chi connectivity index (χ1) is 8.71. The molecule has 0 fully saturated rings. The molecule has 1 heterocycles. The molecule has 0 saturated heterocycles. The summed E-state index contributed by atoms with van der Waals surface area (Å²) in [7, 11) is -2.06. The molecule has 1 N–H and O–H groups in total. The van der Waals surface area contributed by atoms with E-state index in [9.17, 15) is 13.2 Å². The second-order valence-electron chi connectivity index (χ2n) is 4.29. The van der Waals surface area contributed by atoms with Crippen molar-refractivity contribution in [2.24, 2.45) is 0 Å². The van der Waals surface area contributed by atoms with Crippen LogP contribution in [0.25, 0.3) is 0 Å². The number of sulfonamides is 1. The Morgan fingerprint density at radius 1 is 1.42 bits per heavy atom. The van der Waals surface area contributed by atoms with Gasteiger partial charge in [-0.3, -0.25) is 9.48 Å². The van der Waals surface area contributed by atoms with Crippen LogP contribution in [0.3, 0.4) is 0 Å². The summed E-state index contributed by atoms with van der Waals surface area (Å²) in [6.07, 6.45) is -0.0922. The summed E-state index contributed by atoms with van der Waals surface area (Å²) >= 11 is 0. The number of hydrogen-bond acceptors (Lipinski definition) is 4. The molecular formula is C11H19N3O4S. The first kappa shape index (κ1) is 15.6. The van der Waals surface area contributed by atoms with Crippen LogP contribution >= 0.6 is 0 Å². The summed E-state index contributed by atoms with van der Waals surface area (Å²) in [6.45, 7) is 5.52. The van der Waals surface area contributed by atoms with Crippen LogP contribution in [-0.2, 0) is 21.4 Å². The fourth-order valence-electron chi connectivity index (χ4n) is 1.80. The van der Waals surface area contributed by atoms with Gasteiger partial charge in [-0.1, -0.05) is 6.92 Å². The highest BCUT2D eigenvalue weighted by atomic mass is 32.2. The molecular weight excluding hydrogens is 270 g/mol. The highest BCUT2D eigenvalue weighted by molar-refractivity contribution is 7.89. The zero-order chi connectivity index (χ0) is 14.8. The summed E-state index contributed by atoms with van der Waals surface area (Å²) in [4.78, 5) is 10.7. The Bertz CT molecular complexity index is 577. The minimum absolute atomic E-state index is 0.0922. The number of rotatable bonds is 6. The third kappa shape index (κ3) is 3.13. The number of hydrogen-bond donors (Lipinski definition) is 1. The molecule has 0 aliphatic carbocycles. The van der Waals surface area contributed by atoms with E-state index in [4.69, 9.17) is 5.11 Å². The number of carboxylic acids is 1. The van der Waals surface area contributed by atoms with E-state index in [-0.39, 0.29) is 17.9 Å². The zero-order valence-corrected chi connectivity index (χ0v) is 12.4. The molecule has 8 heteroatoms. The van der Waals surface area contributed by atoms with E-state index in [1.165, 1.54) is 16.0 Å². The molecule has 0 spiro atoms. The van der Waals surface area contributed by atoms with Crippen molar-refractivity contribution in [2.75, 3.05) is 13.6 Å². The van der Waals surface area contributed by atoms with Crippen LogP contribution < -0.4 is 0 Å². The largest absolute Gasteiger partial charge is 0.481 e. The number of carbonyl (C=O) groups is 1. The van der Waals surface area contributed by atoms with E-state index >= 15 is 0 Å². The van der Waals surface area contributed by atoms with E-state index in [2.05, 4.69) is 5.10 Å². The minimum atomic E-state index is -3.57. The molecule has 0 atom stereocenters. The average molecular weight is 289 g/mol. The van der Waals surface area contributed by atoms with Gasteiger partial charge in [-0.05, 0) is 13.8 Å². The molecule has 7 nitrogen and oxygen atoms in total. The lowest BCUT2D eigenvalue weighted by Crippen LogP contribution is -2.27. The SMILES string of the molecule is CCN(C)S(=O)(=O)c1c(C)nn(CCC(=O)O)c1C. The number of aryl methyl sites for hydroxylation is 2. The van der Waals surface area contributed by atoms with E-state index in [1.807, 2.05) is 0 Å². The maximum Gasteiger partial charge on any atom is 0.305 e. The van der Waals surface area contributed by atoms with Crippen molar-refractivity contribution in [3.8, 4) is 0 Å². The Morgan fingerprint density at radius 2 is 2.00 bits per heavy atom. The van der Waals surface area contributed by atoms with Gasteiger partial charge in [0.1, 0.15) is 4.90 Å². The van der Waals surface area contributed by atoms with Crippen LogP contribution in [0.5, 0.6) is 0 Å². The fourth-order valence-corrected chi connectivity index (χ4v) is 3.34. The number of carboxylic acid groups (broad SMARTS) is 1. The zero-order valence-electron chi connectivity index (χ0n) is 11.5. The van der Waals surface area contributed by atoms with Crippen molar-refractivity contribution < 1.29 is 18.3 Å². The van der Waals surface area contributed by atoms with Gasteiger partial charge in [0.05, 0.1) is 24.4 Å². The van der Waals surface area contributed by atoms with Crippen molar-refractivity contribution in [3.63, 3.8) is 0 Å². The first-order valence-electron chi connectivity index (χ1n) is 5.94. The smallest absolute Gasteiger partial charge is 0.305 e. The van der Waals surface area contributed by atoms with Crippen molar-refractivity contribution in [2.45, 2.75) is 38.6 Å². The number of aromatic nitrogens is 2. The predicted molar refractivity (Wildman–Crippen MR) is 69.4 cm³/mol. The molecule has 0 unspecified atom stereocenters. The van der Waals surface area contributed by atoms with Gasteiger partial charge in [0.2, 0.25) is 10.0 Å². The Labute approximate surface area is 112 Å². The highest BCUT2D eigenvalue weighted by Gasteiger charge is 2.27. The lowest BCUT2D eigenvalue weighted by Gasteiger charge is -2.15. The normalized spacial score (nSPS) is 12.1. The Hall–Kier alpha value is -1.41. The first-order valence-corrected chi connectivity index (χ1v) is 7.38. The molecule has 0 aliphatic heterocycles. The molecule has 0 aliphatic rings. The third-order valence-electron chi connectivity index (χ3n) is 2.97. The van der Waals surface area contributed by atoms with Gasteiger partial charge < -0.3 is 5.11 Å². The van der Waals surface area contributed by atoms with E-state index in [0.717, 1.165) is 0 Å². The van der Waals surface area contributed by atoms with Crippen molar-refractivity contribution >= 4 is 16.0 Å². The second-order valence-corrected chi connectivity index (χ2v) is 6.27. The maximum absolute atomic E-state index is 12.3. The van der Waals surface area contributed by atoms with Gasteiger partial charge in [0.25, 0.3) is 0 Å². The standard InChI is InChI=1S/C11H19N3O4S/c1-5-13(4)19(17,18)11-8(2)12-14(9(11)3)7-6-10(15)16/h5-7H2,1-4H3,(H,15,16). The molecule has 0 amide bonds. The van der Waals surface area contributed by atoms with Crippen LogP contribution in [-0.4, -0.2) is 47.2 Å². The number of nitrogens with zero attached hydrogens (tertiary/aromatic N) is 3. The average Bonchev–Trinajstić information content (AvgIpc) is 2.60. The van der Waals surface area contributed by atoms with Gasteiger partial charge >= 0.3 is 5.97 Å². The highest BCUT2D eigenvalue weighted by Crippen LogP contribution is 2.22. The Morgan fingerprint density at radius 3 is 2.47 bits per heavy atom. The van der Waals surface area contributed by atoms with Crippen LogP contribution in [0.4, 0.5) is 0 Å². The quantitative estimate of drug-likeness (QED) is 0.828. The Balaban J connectivity index is 3.21. The molecule has 1 aromatic rings. The lowest BCUT2D eigenvalue weighted by molar-refractivity contribution is -0.137. The maximum atomic E-state index is 12.3. The van der Waals surface area contributed by atoms with Crippen LogP contribution in [0, 0.1) is 13.8 Å². The van der Waals surface area contributed by atoms with Gasteiger partial charge in [-0.15, -0.1) is 0 Å². The van der Waals surface area contributed by atoms with Crippen molar-refractivity contribution in [1.82, 2.24) is 14.1 Å². The lowest BCUT2D eigenvalue weighted by atomic mass is 10.4.